The molecule has 1 aromatic heterocycles. The number of aliphatic hydroxyl groups is 1. The topological polar surface area (TPSA) is 25.2 Å². The summed E-state index contributed by atoms with van der Waals surface area (Å²) in [5, 5.41) is 9.79. The second kappa shape index (κ2) is 3.66. The Labute approximate surface area is 88.0 Å². The Kier molecular flexibility index (Phi) is 2.49. The van der Waals surface area contributed by atoms with E-state index in [0.717, 1.165) is 11.2 Å². The molecular weight excluding hydrogens is 193 g/mol. The highest BCUT2D eigenvalue weighted by atomic mass is 19.1. The Morgan fingerprint density at radius 3 is 2.73 bits per heavy atom. The molecule has 1 N–H and O–H groups in total. The summed E-state index contributed by atoms with van der Waals surface area (Å²) < 4.78 is 15.4. The van der Waals surface area contributed by atoms with E-state index < -0.39 is 0 Å². The summed E-state index contributed by atoms with van der Waals surface area (Å²) >= 11 is 0. The molecule has 0 aliphatic rings. The fourth-order valence-corrected chi connectivity index (χ4v) is 2.00. The summed E-state index contributed by atoms with van der Waals surface area (Å²) in [5.41, 5.74) is 1.60. The van der Waals surface area contributed by atoms with Crippen molar-refractivity contribution in [1.29, 1.82) is 0 Å². The van der Waals surface area contributed by atoms with Crippen LogP contribution in [0.2, 0.25) is 0 Å². The molecular formula is C12H14FNO. The molecule has 0 radical (unpaired) electrons. The Morgan fingerprint density at radius 1 is 1.40 bits per heavy atom. The van der Waals surface area contributed by atoms with E-state index in [1.54, 1.807) is 12.1 Å². The molecule has 0 atom stereocenters. The predicted octanol–water partition coefficient (Wildman–Crippen LogP) is 2.85. The number of nitrogens with zero attached hydrogens (tertiary/aromatic N) is 1. The monoisotopic (exact) mass is 207 g/mol. The lowest BCUT2D eigenvalue weighted by Crippen LogP contribution is -2.04. The number of hydrogen-bond donors (Lipinski definition) is 1. The average Bonchev–Trinajstić information content (AvgIpc) is 2.57. The predicted molar refractivity (Wildman–Crippen MR) is 58.2 cm³/mol. The van der Waals surface area contributed by atoms with E-state index in [9.17, 15) is 9.50 Å². The van der Waals surface area contributed by atoms with Crippen molar-refractivity contribution in [3.05, 3.63) is 35.8 Å². The third kappa shape index (κ3) is 1.53. The molecule has 0 unspecified atom stereocenters. The molecule has 2 rings (SSSR count). The molecule has 2 aromatic rings. The largest absolute Gasteiger partial charge is 0.390 e. The molecule has 1 heterocycles. The van der Waals surface area contributed by atoms with Crippen molar-refractivity contribution in [1.82, 2.24) is 4.57 Å². The van der Waals surface area contributed by atoms with Gasteiger partial charge in [-0.25, -0.2) is 4.39 Å². The van der Waals surface area contributed by atoms with Crippen LogP contribution in [0.15, 0.2) is 24.3 Å². The third-order valence-electron chi connectivity index (χ3n) is 2.59. The zero-order valence-corrected chi connectivity index (χ0v) is 8.87. The quantitative estimate of drug-likeness (QED) is 0.804. The lowest BCUT2D eigenvalue weighted by Gasteiger charge is -2.13. The van der Waals surface area contributed by atoms with Gasteiger partial charge in [0.2, 0.25) is 0 Å². The van der Waals surface area contributed by atoms with Crippen LogP contribution in [0.3, 0.4) is 0 Å². The Balaban J connectivity index is 2.80. The molecule has 80 valence electrons. The Hall–Kier alpha value is -1.35. The van der Waals surface area contributed by atoms with Crippen molar-refractivity contribution in [3.63, 3.8) is 0 Å². The standard InChI is InChI=1S/C12H14FNO/c1-8(2)14-9(7-15)6-10-11(13)4-3-5-12(10)14/h3-6,8,15H,7H2,1-2H3. The fourth-order valence-electron chi connectivity index (χ4n) is 2.00. The van der Waals surface area contributed by atoms with Gasteiger partial charge in [-0.05, 0) is 32.0 Å². The van der Waals surface area contributed by atoms with Crippen molar-refractivity contribution in [3.8, 4) is 0 Å². The summed E-state index contributed by atoms with van der Waals surface area (Å²) in [6.07, 6.45) is 0. The van der Waals surface area contributed by atoms with Crippen LogP contribution in [-0.4, -0.2) is 9.67 Å². The van der Waals surface area contributed by atoms with Gasteiger partial charge in [-0.1, -0.05) is 6.07 Å². The van der Waals surface area contributed by atoms with E-state index in [2.05, 4.69) is 0 Å². The van der Waals surface area contributed by atoms with Gasteiger partial charge in [0, 0.05) is 17.1 Å². The van der Waals surface area contributed by atoms with Crippen LogP contribution in [0.5, 0.6) is 0 Å². The molecule has 2 nitrogen and oxygen atoms in total. The van der Waals surface area contributed by atoms with E-state index in [1.807, 2.05) is 24.5 Å². The van der Waals surface area contributed by atoms with Gasteiger partial charge in [0.25, 0.3) is 0 Å². The van der Waals surface area contributed by atoms with Crippen LogP contribution in [0.4, 0.5) is 4.39 Å². The van der Waals surface area contributed by atoms with Crippen LogP contribution in [0, 0.1) is 5.82 Å². The summed E-state index contributed by atoms with van der Waals surface area (Å²) in [5.74, 6) is -0.235. The first-order chi connectivity index (χ1) is 7.15. The maximum atomic E-state index is 13.5. The van der Waals surface area contributed by atoms with Gasteiger partial charge in [-0.3, -0.25) is 0 Å². The molecule has 0 amide bonds. The van der Waals surface area contributed by atoms with Crippen LogP contribution in [0.1, 0.15) is 25.6 Å². The minimum atomic E-state index is -0.235. The number of halogens is 1. The fraction of sp³-hybridized carbons (Fsp3) is 0.333. The van der Waals surface area contributed by atoms with Crippen molar-refractivity contribution in [2.24, 2.45) is 0 Å². The smallest absolute Gasteiger partial charge is 0.132 e. The van der Waals surface area contributed by atoms with Crippen LogP contribution < -0.4 is 0 Å². The molecule has 3 heteroatoms. The summed E-state index contributed by atoms with van der Waals surface area (Å²) in [4.78, 5) is 0. The number of fused-ring (bicyclic) bond motifs is 1. The highest BCUT2D eigenvalue weighted by molar-refractivity contribution is 5.82. The van der Waals surface area contributed by atoms with Gasteiger partial charge in [0.05, 0.1) is 12.1 Å². The lowest BCUT2D eigenvalue weighted by atomic mass is 10.2. The minimum Gasteiger partial charge on any atom is -0.390 e. The van der Waals surface area contributed by atoms with Crippen molar-refractivity contribution < 1.29 is 9.50 Å². The Bertz CT molecular complexity index is 488. The molecule has 0 fully saturated rings. The third-order valence-corrected chi connectivity index (χ3v) is 2.59. The van der Waals surface area contributed by atoms with E-state index in [1.165, 1.54) is 6.07 Å². The molecule has 1 aromatic carbocycles. The molecule has 0 aliphatic heterocycles. The molecule has 0 saturated heterocycles. The van der Waals surface area contributed by atoms with E-state index in [4.69, 9.17) is 0 Å². The van der Waals surface area contributed by atoms with E-state index in [0.29, 0.717) is 5.39 Å². The van der Waals surface area contributed by atoms with Gasteiger partial charge in [0.1, 0.15) is 5.82 Å². The van der Waals surface area contributed by atoms with Crippen LogP contribution >= 0.6 is 0 Å². The minimum absolute atomic E-state index is 0.0632. The summed E-state index contributed by atoms with van der Waals surface area (Å²) in [7, 11) is 0. The van der Waals surface area contributed by atoms with Gasteiger partial charge in [-0.15, -0.1) is 0 Å². The number of aliphatic hydroxyl groups excluding tert-OH is 1. The highest BCUT2D eigenvalue weighted by Gasteiger charge is 2.12. The zero-order valence-electron chi connectivity index (χ0n) is 8.87. The molecule has 0 spiro atoms. The van der Waals surface area contributed by atoms with Crippen LogP contribution in [-0.2, 0) is 6.61 Å². The molecule has 15 heavy (non-hydrogen) atoms. The SMILES string of the molecule is CC(C)n1c(CO)cc2c(F)cccc21. The average molecular weight is 207 g/mol. The maximum Gasteiger partial charge on any atom is 0.132 e. The number of hydrogen-bond acceptors (Lipinski definition) is 1. The number of aromatic nitrogens is 1. The first-order valence-corrected chi connectivity index (χ1v) is 5.04. The first kappa shape index (κ1) is 10.2. The second-order valence-electron chi connectivity index (χ2n) is 3.93. The summed E-state index contributed by atoms with van der Waals surface area (Å²) in [6, 6.07) is 6.93. The van der Waals surface area contributed by atoms with Gasteiger partial charge in [-0.2, -0.15) is 0 Å². The van der Waals surface area contributed by atoms with Crippen molar-refractivity contribution in [2.75, 3.05) is 0 Å². The number of rotatable bonds is 2. The maximum absolute atomic E-state index is 13.5. The van der Waals surface area contributed by atoms with Gasteiger partial charge < -0.3 is 9.67 Å². The second-order valence-corrected chi connectivity index (χ2v) is 3.93. The normalized spacial score (nSPS) is 11.5. The highest BCUT2D eigenvalue weighted by Crippen LogP contribution is 2.26. The van der Waals surface area contributed by atoms with Gasteiger partial charge >= 0.3 is 0 Å². The lowest BCUT2D eigenvalue weighted by molar-refractivity contribution is 0.269. The van der Waals surface area contributed by atoms with E-state index >= 15 is 0 Å². The van der Waals surface area contributed by atoms with Crippen molar-refractivity contribution in [2.45, 2.75) is 26.5 Å². The molecule has 0 aliphatic carbocycles. The summed E-state index contributed by atoms with van der Waals surface area (Å²) in [6.45, 7) is 3.97. The van der Waals surface area contributed by atoms with Gasteiger partial charge in [0.15, 0.2) is 0 Å². The van der Waals surface area contributed by atoms with E-state index in [-0.39, 0.29) is 18.5 Å². The van der Waals surface area contributed by atoms with Crippen molar-refractivity contribution >= 4 is 10.9 Å². The first-order valence-electron chi connectivity index (χ1n) is 5.04. The van der Waals surface area contributed by atoms with Crippen LogP contribution in [0.25, 0.3) is 10.9 Å². The molecule has 0 saturated carbocycles. The zero-order chi connectivity index (χ0) is 11.0. The molecule has 0 bridgehead atoms. The number of benzene rings is 1. The Morgan fingerprint density at radius 2 is 2.13 bits per heavy atom.